The summed E-state index contributed by atoms with van der Waals surface area (Å²) in [7, 11) is 0. The van der Waals surface area contributed by atoms with Gasteiger partial charge in [-0.15, -0.1) is 11.3 Å². The molecule has 0 aromatic carbocycles. The van der Waals surface area contributed by atoms with E-state index in [1.165, 1.54) is 0 Å². The average Bonchev–Trinajstić information content (AvgIpc) is 3.24. The molecule has 0 bridgehead atoms. The third kappa shape index (κ3) is 3.90. The van der Waals surface area contributed by atoms with Gasteiger partial charge in [0.15, 0.2) is 0 Å². The summed E-state index contributed by atoms with van der Waals surface area (Å²) in [5.41, 5.74) is 0.500. The van der Waals surface area contributed by atoms with Gasteiger partial charge in [0, 0.05) is 31.5 Å². The average molecular weight is 381 g/mol. The zero-order chi connectivity index (χ0) is 18.6. The maximum absolute atomic E-state index is 12.5. The number of H-pyrrole nitrogens is 1. The van der Waals surface area contributed by atoms with Crippen LogP contribution in [0.5, 0.6) is 0 Å². The molecule has 8 heteroatoms. The largest absolute Gasteiger partial charge is 0.349 e. The fraction of sp³-hybridized carbons (Fsp3) is 0.263. The van der Waals surface area contributed by atoms with Gasteiger partial charge in [-0.25, -0.2) is 9.97 Å². The topological polar surface area (TPSA) is 91.0 Å². The highest BCUT2D eigenvalue weighted by Crippen LogP contribution is 2.21. The summed E-state index contributed by atoms with van der Waals surface area (Å²) < 4.78 is 0. The number of thiophene rings is 1. The Balaban J connectivity index is 1.38. The Hall–Kier alpha value is -3.00. The number of hydrogen-bond acceptors (Lipinski definition) is 6. The molecule has 3 aromatic rings. The monoisotopic (exact) mass is 381 g/mol. The summed E-state index contributed by atoms with van der Waals surface area (Å²) in [6.45, 7) is 1.53. The van der Waals surface area contributed by atoms with Crippen LogP contribution in [0.3, 0.4) is 0 Å². The highest BCUT2D eigenvalue weighted by Gasteiger charge is 2.23. The molecule has 1 saturated heterocycles. The Kier molecular flexibility index (Phi) is 4.97. The smallest absolute Gasteiger partial charge is 0.261 e. The molecule has 1 fully saturated rings. The van der Waals surface area contributed by atoms with Crippen molar-refractivity contribution in [3.63, 3.8) is 0 Å². The highest BCUT2D eigenvalue weighted by molar-refractivity contribution is 7.13. The number of hydrogen-bond donors (Lipinski definition) is 2. The van der Waals surface area contributed by atoms with E-state index in [1.807, 2.05) is 17.5 Å². The van der Waals surface area contributed by atoms with Crippen molar-refractivity contribution >= 4 is 23.2 Å². The zero-order valence-electron chi connectivity index (χ0n) is 14.6. The van der Waals surface area contributed by atoms with Crippen molar-refractivity contribution in [2.45, 2.75) is 18.9 Å². The van der Waals surface area contributed by atoms with Crippen molar-refractivity contribution in [1.82, 2.24) is 20.3 Å². The molecule has 7 nitrogen and oxygen atoms in total. The van der Waals surface area contributed by atoms with Crippen molar-refractivity contribution in [3.05, 3.63) is 64.0 Å². The van der Waals surface area contributed by atoms with Crippen LogP contribution in [-0.2, 0) is 0 Å². The van der Waals surface area contributed by atoms with Gasteiger partial charge in [0.25, 0.3) is 11.5 Å². The number of carbonyl (C=O) groups excluding carboxylic acids is 1. The molecule has 0 spiro atoms. The Morgan fingerprint density at radius 2 is 1.93 bits per heavy atom. The van der Waals surface area contributed by atoms with Gasteiger partial charge >= 0.3 is 0 Å². The third-order valence-electron chi connectivity index (χ3n) is 4.61. The Bertz CT molecular complexity index is 963. The molecule has 0 unspecified atom stereocenters. The van der Waals surface area contributed by atoms with Gasteiger partial charge < -0.3 is 15.2 Å². The zero-order valence-corrected chi connectivity index (χ0v) is 15.4. The summed E-state index contributed by atoms with van der Waals surface area (Å²) in [6.07, 6.45) is 5.02. The lowest BCUT2D eigenvalue weighted by Gasteiger charge is -2.32. The van der Waals surface area contributed by atoms with Crippen LogP contribution in [0.1, 0.15) is 23.2 Å². The molecule has 1 aliphatic rings. The summed E-state index contributed by atoms with van der Waals surface area (Å²) in [5.74, 6) is 0.381. The summed E-state index contributed by atoms with van der Waals surface area (Å²) in [5, 5.41) is 4.92. The molecule has 27 heavy (non-hydrogen) atoms. The minimum Gasteiger partial charge on any atom is -0.349 e. The second-order valence-electron chi connectivity index (χ2n) is 6.38. The number of nitrogens with zero attached hydrogens (tertiary/aromatic N) is 3. The first-order valence-electron chi connectivity index (χ1n) is 8.81. The first-order valence-corrected chi connectivity index (χ1v) is 9.69. The van der Waals surface area contributed by atoms with Gasteiger partial charge in [0.05, 0.1) is 10.6 Å². The predicted octanol–water partition coefficient (Wildman–Crippen LogP) is 2.29. The van der Waals surface area contributed by atoms with Crippen molar-refractivity contribution in [3.8, 4) is 10.6 Å². The number of carbonyl (C=O) groups is 1. The van der Waals surface area contributed by atoms with Crippen LogP contribution in [0.2, 0.25) is 0 Å². The number of aromatic nitrogens is 3. The second-order valence-corrected chi connectivity index (χ2v) is 7.32. The lowest BCUT2D eigenvalue weighted by atomic mass is 10.0. The van der Waals surface area contributed by atoms with Crippen LogP contribution in [0.15, 0.2) is 52.9 Å². The number of rotatable bonds is 4. The number of piperidine rings is 1. The molecular weight excluding hydrogens is 362 g/mol. The first kappa shape index (κ1) is 17.4. The Labute approximate surface area is 160 Å². The van der Waals surface area contributed by atoms with E-state index in [-0.39, 0.29) is 23.1 Å². The van der Waals surface area contributed by atoms with E-state index in [1.54, 1.807) is 41.9 Å². The minimum absolute atomic E-state index is 0.0360. The van der Waals surface area contributed by atoms with E-state index in [9.17, 15) is 9.59 Å². The maximum atomic E-state index is 12.5. The fourth-order valence-electron chi connectivity index (χ4n) is 3.17. The van der Waals surface area contributed by atoms with E-state index in [4.69, 9.17) is 0 Å². The molecule has 3 aromatic heterocycles. The van der Waals surface area contributed by atoms with Crippen LogP contribution in [0.4, 0.5) is 5.95 Å². The molecule has 0 saturated carbocycles. The van der Waals surface area contributed by atoms with Crippen LogP contribution >= 0.6 is 11.3 Å². The van der Waals surface area contributed by atoms with E-state index in [0.29, 0.717) is 5.95 Å². The molecular formula is C19H19N5O2S. The van der Waals surface area contributed by atoms with Crippen molar-refractivity contribution in [2.24, 2.45) is 0 Å². The summed E-state index contributed by atoms with van der Waals surface area (Å²) >= 11 is 1.54. The van der Waals surface area contributed by atoms with E-state index >= 15 is 0 Å². The van der Waals surface area contributed by atoms with Gasteiger partial charge in [-0.2, -0.15) is 0 Å². The number of nitrogens with one attached hydrogen (secondary N) is 2. The van der Waals surface area contributed by atoms with Gasteiger partial charge in [-0.05, 0) is 42.5 Å². The molecule has 138 valence electrons. The first-order chi connectivity index (χ1) is 13.2. The number of pyridine rings is 1. The molecule has 4 rings (SSSR count). The lowest BCUT2D eigenvalue weighted by molar-refractivity contribution is 0.0929. The Morgan fingerprint density at radius 1 is 1.15 bits per heavy atom. The summed E-state index contributed by atoms with van der Waals surface area (Å²) in [6, 6.07) is 9.05. The van der Waals surface area contributed by atoms with Gasteiger partial charge in [-0.1, -0.05) is 6.07 Å². The van der Waals surface area contributed by atoms with Crippen molar-refractivity contribution in [2.75, 3.05) is 18.0 Å². The third-order valence-corrected chi connectivity index (χ3v) is 5.51. The van der Waals surface area contributed by atoms with Crippen LogP contribution in [0, 0.1) is 0 Å². The molecule has 1 aliphatic heterocycles. The lowest BCUT2D eigenvalue weighted by Crippen LogP contribution is -2.46. The normalized spacial score (nSPS) is 14.9. The number of amides is 1. The van der Waals surface area contributed by atoms with E-state index < -0.39 is 0 Å². The quantitative estimate of drug-likeness (QED) is 0.724. The predicted molar refractivity (Wildman–Crippen MR) is 105 cm³/mol. The Morgan fingerprint density at radius 3 is 2.59 bits per heavy atom. The van der Waals surface area contributed by atoms with Gasteiger partial charge in [0.2, 0.25) is 5.95 Å². The number of aromatic amines is 1. The standard InChI is InChI=1S/C19H19N5O2S/c25-17(14-4-5-15(23-18(14)26)16-3-1-12-27-16)22-13-6-10-24(11-7-13)19-20-8-2-9-21-19/h1-5,8-9,12-13H,6-7,10-11H2,(H,22,25)(H,23,26). The molecule has 2 N–H and O–H groups in total. The van der Waals surface area contributed by atoms with Crippen molar-refractivity contribution < 1.29 is 4.79 Å². The highest BCUT2D eigenvalue weighted by atomic mass is 32.1. The van der Waals surface area contributed by atoms with Crippen LogP contribution in [-0.4, -0.2) is 40.0 Å². The van der Waals surface area contributed by atoms with E-state index in [0.717, 1.165) is 36.5 Å². The summed E-state index contributed by atoms with van der Waals surface area (Å²) in [4.78, 5) is 39.2. The van der Waals surface area contributed by atoms with Crippen LogP contribution < -0.4 is 15.8 Å². The molecule has 0 aliphatic carbocycles. The van der Waals surface area contributed by atoms with Crippen molar-refractivity contribution in [1.29, 1.82) is 0 Å². The molecule has 4 heterocycles. The maximum Gasteiger partial charge on any atom is 0.261 e. The van der Waals surface area contributed by atoms with Gasteiger partial charge in [0.1, 0.15) is 5.56 Å². The second kappa shape index (κ2) is 7.71. The fourth-order valence-corrected chi connectivity index (χ4v) is 3.88. The number of anilines is 1. The molecule has 0 atom stereocenters. The molecule has 1 amide bonds. The molecule has 0 radical (unpaired) electrons. The van der Waals surface area contributed by atoms with Gasteiger partial charge in [-0.3, -0.25) is 9.59 Å². The minimum atomic E-state index is -0.367. The SMILES string of the molecule is O=C(NC1CCN(c2ncccn2)CC1)c1ccc(-c2cccs2)[nH]c1=O. The van der Waals surface area contributed by atoms with E-state index in [2.05, 4.69) is 25.2 Å². The van der Waals surface area contributed by atoms with Crippen LogP contribution in [0.25, 0.3) is 10.6 Å².